The molecule has 1 aromatic carbocycles. The predicted octanol–water partition coefficient (Wildman–Crippen LogP) is 3.16. The first-order valence-electron chi connectivity index (χ1n) is 4.80. The van der Waals surface area contributed by atoms with Crippen LogP contribution in [0.4, 0.5) is 0 Å². The Bertz CT molecular complexity index is 687. The van der Waals surface area contributed by atoms with Crippen molar-refractivity contribution in [1.82, 2.24) is 9.97 Å². The number of nitrogens with zero attached hydrogens (tertiary/aromatic N) is 2. The molecule has 3 nitrogen and oxygen atoms in total. The first kappa shape index (κ1) is 9.13. The Kier molecular flexibility index (Phi) is 1.98. The number of para-hydroxylation sites is 1. The average Bonchev–Trinajstić information content (AvgIpc) is 2.94. The summed E-state index contributed by atoms with van der Waals surface area (Å²) >= 11 is 1.49. The Labute approximate surface area is 96.0 Å². The number of aromatic nitrogens is 2. The van der Waals surface area contributed by atoms with E-state index in [1.54, 1.807) is 5.38 Å². The molecular formula is C12H7N3S. The van der Waals surface area contributed by atoms with Gasteiger partial charge >= 0.3 is 0 Å². The summed E-state index contributed by atoms with van der Waals surface area (Å²) in [6.45, 7) is 0. The van der Waals surface area contributed by atoms with Crippen LogP contribution in [0.1, 0.15) is 5.69 Å². The van der Waals surface area contributed by atoms with Crippen LogP contribution < -0.4 is 0 Å². The van der Waals surface area contributed by atoms with E-state index in [9.17, 15) is 0 Å². The quantitative estimate of drug-likeness (QED) is 0.691. The van der Waals surface area contributed by atoms with Crippen molar-refractivity contribution >= 4 is 22.2 Å². The molecule has 0 unspecified atom stereocenters. The van der Waals surface area contributed by atoms with Crippen molar-refractivity contribution in [2.75, 3.05) is 0 Å². The molecule has 0 aliphatic heterocycles. The molecule has 0 atom stereocenters. The second-order valence-electron chi connectivity index (χ2n) is 3.40. The lowest BCUT2D eigenvalue weighted by molar-refractivity contribution is 1.33. The third kappa shape index (κ3) is 1.30. The highest BCUT2D eigenvalue weighted by molar-refractivity contribution is 7.13. The van der Waals surface area contributed by atoms with E-state index in [1.807, 2.05) is 30.5 Å². The van der Waals surface area contributed by atoms with Crippen LogP contribution in [0.15, 0.2) is 35.8 Å². The number of aromatic amines is 1. The Morgan fingerprint density at radius 3 is 3.00 bits per heavy atom. The molecule has 0 fully saturated rings. The van der Waals surface area contributed by atoms with E-state index in [1.165, 1.54) is 11.3 Å². The predicted molar refractivity (Wildman–Crippen MR) is 64.1 cm³/mol. The number of thiazole rings is 1. The molecule has 0 bridgehead atoms. The van der Waals surface area contributed by atoms with Gasteiger partial charge in [-0.05, 0) is 6.07 Å². The smallest absolute Gasteiger partial charge is 0.152 e. The lowest BCUT2D eigenvalue weighted by Gasteiger charge is -1.92. The van der Waals surface area contributed by atoms with E-state index in [0.717, 1.165) is 21.5 Å². The average molecular weight is 225 g/mol. The van der Waals surface area contributed by atoms with Gasteiger partial charge in [0.1, 0.15) is 11.1 Å². The van der Waals surface area contributed by atoms with Gasteiger partial charge in [-0.2, -0.15) is 5.26 Å². The number of H-pyrrole nitrogens is 1. The molecule has 0 amide bonds. The number of nitriles is 1. The SMILES string of the molecule is N#Cc1csc(-c2c[nH]c3ccccc23)n1. The van der Waals surface area contributed by atoms with Crippen molar-refractivity contribution in [3.63, 3.8) is 0 Å². The minimum atomic E-state index is 0.477. The van der Waals surface area contributed by atoms with Crippen LogP contribution in [-0.2, 0) is 0 Å². The van der Waals surface area contributed by atoms with Gasteiger partial charge < -0.3 is 4.98 Å². The summed E-state index contributed by atoms with van der Waals surface area (Å²) in [5.74, 6) is 0. The van der Waals surface area contributed by atoms with Crippen molar-refractivity contribution in [3.05, 3.63) is 41.5 Å². The molecule has 0 aliphatic carbocycles. The molecular weight excluding hydrogens is 218 g/mol. The lowest BCUT2D eigenvalue weighted by Crippen LogP contribution is -1.75. The van der Waals surface area contributed by atoms with E-state index in [4.69, 9.17) is 5.26 Å². The molecule has 0 spiro atoms. The molecule has 4 heteroatoms. The molecule has 0 saturated heterocycles. The van der Waals surface area contributed by atoms with Gasteiger partial charge in [-0.1, -0.05) is 18.2 Å². The lowest BCUT2D eigenvalue weighted by atomic mass is 10.2. The van der Waals surface area contributed by atoms with Crippen molar-refractivity contribution in [3.8, 4) is 16.6 Å². The van der Waals surface area contributed by atoms with E-state index >= 15 is 0 Å². The third-order valence-electron chi connectivity index (χ3n) is 2.44. The molecule has 2 heterocycles. The first-order chi connectivity index (χ1) is 7.88. The molecule has 3 rings (SSSR count). The number of hydrogen-bond acceptors (Lipinski definition) is 3. The zero-order valence-electron chi connectivity index (χ0n) is 8.27. The van der Waals surface area contributed by atoms with Crippen LogP contribution in [0.3, 0.4) is 0 Å². The maximum absolute atomic E-state index is 8.75. The fourth-order valence-electron chi connectivity index (χ4n) is 1.70. The Balaban J connectivity index is 2.23. The normalized spacial score (nSPS) is 10.4. The van der Waals surface area contributed by atoms with Crippen LogP contribution in [0.5, 0.6) is 0 Å². The minimum Gasteiger partial charge on any atom is -0.360 e. The Morgan fingerprint density at radius 1 is 1.31 bits per heavy atom. The fraction of sp³-hybridized carbons (Fsp3) is 0. The minimum absolute atomic E-state index is 0.477. The Hall–Kier alpha value is -2.12. The van der Waals surface area contributed by atoms with Gasteiger partial charge in [-0.15, -0.1) is 11.3 Å². The fourth-order valence-corrected chi connectivity index (χ4v) is 2.47. The summed E-state index contributed by atoms with van der Waals surface area (Å²) in [5, 5.41) is 12.5. The maximum Gasteiger partial charge on any atom is 0.152 e. The molecule has 16 heavy (non-hydrogen) atoms. The van der Waals surface area contributed by atoms with Crippen LogP contribution in [0.25, 0.3) is 21.5 Å². The number of benzene rings is 1. The molecule has 0 radical (unpaired) electrons. The van der Waals surface area contributed by atoms with Gasteiger partial charge in [0, 0.05) is 28.0 Å². The monoisotopic (exact) mass is 225 g/mol. The third-order valence-corrected chi connectivity index (χ3v) is 3.31. The highest BCUT2D eigenvalue weighted by Crippen LogP contribution is 2.30. The zero-order valence-corrected chi connectivity index (χ0v) is 9.08. The summed E-state index contributed by atoms with van der Waals surface area (Å²) < 4.78 is 0. The highest BCUT2D eigenvalue weighted by atomic mass is 32.1. The first-order valence-corrected chi connectivity index (χ1v) is 5.68. The van der Waals surface area contributed by atoms with Gasteiger partial charge in [-0.25, -0.2) is 4.98 Å². The topological polar surface area (TPSA) is 52.5 Å². The van der Waals surface area contributed by atoms with E-state index < -0.39 is 0 Å². The van der Waals surface area contributed by atoms with E-state index in [-0.39, 0.29) is 0 Å². The highest BCUT2D eigenvalue weighted by Gasteiger charge is 2.09. The van der Waals surface area contributed by atoms with Crippen molar-refractivity contribution in [2.24, 2.45) is 0 Å². The van der Waals surface area contributed by atoms with Crippen LogP contribution in [-0.4, -0.2) is 9.97 Å². The van der Waals surface area contributed by atoms with E-state index in [2.05, 4.69) is 16.0 Å². The van der Waals surface area contributed by atoms with Crippen LogP contribution in [0.2, 0.25) is 0 Å². The summed E-state index contributed by atoms with van der Waals surface area (Å²) in [5.41, 5.74) is 2.62. The largest absolute Gasteiger partial charge is 0.360 e. The Morgan fingerprint density at radius 2 is 2.19 bits per heavy atom. The van der Waals surface area contributed by atoms with Gasteiger partial charge in [0.25, 0.3) is 0 Å². The summed E-state index contributed by atoms with van der Waals surface area (Å²) in [6.07, 6.45) is 1.94. The summed E-state index contributed by atoms with van der Waals surface area (Å²) in [6, 6.07) is 10.1. The second kappa shape index (κ2) is 3.47. The van der Waals surface area contributed by atoms with Crippen molar-refractivity contribution in [1.29, 1.82) is 5.26 Å². The van der Waals surface area contributed by atoms with Crippen molar-refractivity contribution in [2.45, 2.75) is 0 Å². The molecule has 0 saturated carbocycles. The number of fused-ring (bicyclic) bond motifs is 1. The van der Waals surface area contributed by atoms with Gasteiger partial charge in [0.15, 0.2) is 5.69 Å². The van der Waals surface area contributed by atoms with Crippen LogP contribution in [0, 0.1) is 11.3 Å². The maximum atomic E-state index is 8.75. The second-order valence-corrected chi connectivity index (χ2v) is 4.26. The summed E-state index contributed by atoms with van der Waals surface area (Å²) in [4.78, 5) is 7.46. The van der Waals surface area contributed by atoms with Gasteiger partial charge in [-0.3, -0.25) is 0 Å². The number of nitrogens with one attached hydrogen (secondary N) is 1. The zero-order chi connectivity index (χ0) is 11.0. The summed E-state index contributed by atoms with van der Waals surface area (Å²) in [7, 11) is 0. The standard InChI is InChI=1S/C12H7N3S/c13-5-8-7-16-12(15-8)10-6-14-11-4-2-1-3-9(10)11/h1-4,6-7,14H. The molecule has 76 valence electrons. The molecule has 3 aromatic rings. The number of hydrogen-bond donors (Lipinski definition) is 1. The van der Waals surface area contributed by atoms with Gasteiger partial charge in [0.2, 0.25) is 0 Å². The number of rotatable bonds is 1. The molecule has 1 N–H and O–H groups in total. The van der Waals surface area contributed by atoms with E-state index in [0.29, 0.717) is 5.69 Å². The molecule has 0 aliphatic rings. The molecule has 2 aromatic heterocycles. The van der Waals surface area contributed by atoms with Gasteiger partial charge in [0.05, 0.1) is 0 Å². The van der Waals surface area contributed by atoms with Crippen molar-refractivity contribution < 1.29 is 0 Å². The van der Waals surface area contributed by atoms with Crippen LogP contribution >= 0.6 is 11.3 Å².